The summed E-state index contributed by atoms with van der Waals surface area (Å²) >= 11 is 2.04. The maximum absolute atomic E-state index is 11.1. The number of hydrogen-bond donors (Lipinski definition) is 0. The van der Waals surface area contributed by atoms with Gasteiger partial charge in [-0.05, 0) is 22.6 Å². The Bertz CT molecular complexity index is 258. The lowest BCUT2D eigenvalue weighted by Gasteiger charge is -2.29. The zero-order chi connectivity index (χ0) is 9.26. The molecule has 0 unspecified atom stereocenters. The number of rotatable bonds is 1. The molecule has 0 atom stereocenters. The number of morpholine rings is 1. The van der Waals surface area contributed by atoms with Crippen LogP contribution in [-0.4, -0.2) is 43.8 Å². The smallest absolute Gasteiger partial charge is 0.346 e. The quantitative estimate of drug-likeness (QED) is 0.522. The first kappa shape index (κ1) is 9.26. The number of halogens is 1. The molecule has 0 aromatic heterocycles. The van der Waals surface area contributed by atoms with Crippen molar-refractivity contribution in [1.29, 1.82) is 0 Å². The zero-order valence-electron chi connectivity index (χ0n) is 7.09. The predicted octanol–water partition coefficient (Wildman–Crippen LogP) is 0.522. The van der Waals surface area contributed by atoms with Crippen LogP contribution in [0.25, 0.3) is 0 Å². The molecule has 0 radical (unpaired) electrons. The molecule has 0 spiro atoms. The summed E-state index contributed by atoms with van der Waals surface area (Å²) in [5, 5.41) is 0. The standard InChI is InChI=1S/C8H10INO3/c9-7-6(5-13-8(7)11)10-1-3-12-4-2-10/h1-5H2. The summed E-state index contributed by atoms with van der Waals surface area (Å²) in [6.45, 7) is 3.62. The Kier molecular flexibility index (Phi) is 2.73. The van der Waals surface area contributed by atoms with E-state index in [9.17, 15) is 4.79 Å². The number of carbonyl (C=O) groups excluding carboxylic acids is 1. The van der Waals surface area contributed by atoms with Gasteiger partial charge in [0.2, 0.25) is 0 Å². The third-order valence-corrected chi connectivity index (χ3v) is 3.23. The van der Waals surface area contributed by atoms with Crippen molar-refractivity contribution in [3.63, 3.8) is 0 Å². The molecule has 1 fully saturated rings. The second kappa shape index (κ2) is 3.83. The molecule has 0 bridgehead atoms. The van der Waals surface area contributed by atoms with Crippen LogP contribution in [0, 0.1) is 0 Å². The van der Waals surface area contributed by atoms with Crippen LogP contribution >= 0.6 is 22.6 Å². The molecule has 2 aliphatic heterocycles. The highest BCUT2D eigenvalue weighted by molar-refractivity contribution is 14.1. The number of carbonyl (C=O) groups is 1. The van der Waals surface area contributed by atoms with E-state index >= 15 is 0 Å². The van der Waals surface area contributed by atoms with E-state index in [1.54, 1.807) is 0 Å². The Labute approximate surface area is 90.0 Å². The molecule has 2 heterocycles. The summed E-state index contributed by atoms with van der Waals surface area (Å²) in [6.07, 6.45) is 0. The van der Waals surface area contributed by atoms with Crippen molar-refractivity contribution in [2.45, 2.75) is 0 Å². The van der Waals surface area contributed by atoms with Crippen molar-refractivity contribution in [2.24, 2.45) is 0 Å². The fourth-order valence-corrected chi connectivity index (χ4v) is 2.09. The molecule has 5 heteroatoms. The summed E-state index contributed by atoms with van der Waals surface area (Å²) in [6, 6.07) is 0. The fourth-order valence-electron chi connectivity index (χ4n) is 1.44. The third kappa shape index (κ3) is 1.80. The monoisotopic (exact) mass is 295 g/mol. The molecule has 0 aliphatic carbocycles. The average Bonchev–Trinajstić information content (AvgIpc) is 2.49. The Balaban J connectivity index is 2.11. The number of cyclic esters (lactones) is 1. The molecular formula is C8H10INO3. The van der Waals surface area contributed by atoms with Gasteiger partial charge in [0.05, 0.1) is 18.9 Å². The highest BCUT2D eigenvalue weighted by atomic mass is 127. The van der Waals surface area contributed by atoms with Crippen molar-refractivity contribution in [1.82, 2.24) is 4.90 Å². The molecular weight excluding hydrogens is 285 g/mol. The van der Waals surface area contributed by atoms with E-state index in [1.165, 1.54) is 0 Å². The van der Waals surface area contributed by atoms with E-state index in [2.05, 4.69) is 4.90 Å². The Morgan fingerprint density at radius 3 is 2.54 bits per heavy atom. The number of esters is 1. The molecule has 2 rings (SSSR count). The summed E-state index contributed by atoms with van der Waals surface area (Å²) in [5.74, 6) is -0.193. The highest BCUT2D eigenvalue weighted by Crippen LogP contribution is 2.25. The lowest BCUT2D eigenvalue weighted by molar-refractivity contribution is -0.135. The Hall–Kier alpha value is -0.300. The van der Waals surface area contributed by atoms with Gasteiger partial charge >= 0.3 is 5.97 Å². The summed E-state index contributed by atoms with van der Waals surface area (Å²) in [7, 11) is 0. The minimum absolute atomic E-state index is 0.193. The van der Waals surface area contributed by atoms with Gasteiger partial charge in [0.15, 0.2) is 0 Å². The van der Waals surface area contributed by atoms with Crippen LogP contribution in [0.3, 0.4) is 0 Å². The lowest BCUT2D eigenvalue weighted by Crippen LogP contribution is -2.36. The molecule has 0 aromatic rings. The van der Waals surface area contributed by atoms with Crippen LogP contribution in [0.5, 0.6) is 0 Å². The SMILES string of the molecule is O=C1OCC(N2CCOCC2)=C1I. The number of hydrogen-bond acceptors (Lipinski definition) is 4. The molecule has 0 saturated carbocycles. The molecule has 2 aliphatic rings. The van der Waals surface area contributed by atoms with E-state index in [4.69, 9.17) is 9.47 Å². The summed E-state index contributed by atoms with van der Waals surface area (Å²) in [5.41, 5.74) is 1.02. The molecule has 4 nitrogen and oxygen atoms in total. The number of nitrogens with zero attached hydrogens (tertiary/aromatic N) is 1. The van der Waals surface area contributed by atoms with Crippen molar-refractivity contribution < 1.29 is 14.3 Å². The third-order valence-electron chi connectivity index (χ3n) is 2.17. The van der Waals surface area contributed by atoms with Crippen LogP contribution in [0.2, 0.25) is 0 Å². The largest absolute Gasteiger partial charge is 0.455 e. The first-order valence-electron chi connectivity index (χ1n) is 4.17. The second-order valence-corrected chi connectivity index (χ2v) is 4.01. The van der Waals surface area contributed by atoms with Crippen LogP contribution in [0.1, 0.15) is 0 Å². The van der Waals surface area contributed by atoms with Crippen LogP contribution in [0.15, 0.2) is 9.28 Å². The molecule has 1 saturated heterocycles. The maximum Gasteiger partial charge on any atom is 0.346 e. The van der Waals surface area contributed by atoms with Gasteiger partial charge < -0.3 is 14.4 Å². The molecule has 72 valence electrons. The van der Waals surface area contributed by atoms with E-state index in [0.717, 1.165) is 35.6 Å². The van der Waals surface area contributed by atoms with Gasteiger partial charge in [-0.15, -0.1) is 0 Å². The van der Waals surface area contributed by atoms with Crippen molar-refractivity contribution in [2.75, 3.05) is 32.9 Å². The zero-order valence-corrected chi connectivity index (χ0v) is 9.24. The number of ether oxygens (including phenoxy) is 2. The Morgan fingerprint density at radius 1 is 1.31 bits per heavy atom. The fraction of sp³-hybridized carbons (Fsp3) is 0.625. The van der Waals surface area contributed by atoms with E-state index in [1.807, 2.05) is 22.6 Å². The van der Waals surface area contributed by atoms with Gasteiger partial charge in [0.1, 0.15) is 10.2 Å². The van der Waals surface area contributed by atoms with Gasteiger partial charge in [-0.1, -0.05) is 0 Å². The van der Waals surface area contributed by atoms with Gasteiger partial charge in [-0.2, -0.15) is 0 Å². The molecule has 0 N–H and O–H groups in total. The topological polar surface area (TPSA) is 38.8 Å². The first-order chi connectivity index (χ1) is 6.29. The summed E-state index contributed by atoms with van der Waals surface area (Å²) < 4.78 is 10.9. The first-order valence-corrected chi connectivity index (χ1v) is 5.25. The van der Waals surface area contributed by atoms with E-state index < -0.39 is 0 Å². The Morgan fingerprint density at radius 2 is 2.00 bits per heavy atom. The molecule has 0 aromatic carbocycles. The van der Waals surface area contributed by atoms with Gasteiger partial charge in [-0.3, -0.25) is 0 Å². The lowest BCUT2D eigenvalue weighted by atomic mass is 10.3. The second-order valence-electron chi connectivity index (χ2n) is 2.94. The maximum atomic E-state index is 11.1. The van der Waals surface area contributed by atoms with Gasteiger partial charge in [0, 0.05) is 13.1 Å². The van der Waals surface area contributed by atoms with Crippen molar-refractivity contribution in [3.8, 4) is 0 Å². The highest BCUT2D eigenvalue weighted by Gasteiger charge is 2.27. The van der Waals surface area contributed by atoms with Crippen molar-refractivity contribution in [3.05, 3.63) is 9.28 Å². The van der Waals surface area contributed by atoms with Crippen LogP contribution < -0.4 is 0 Å². The molecule has 13 heavy (non-hydrogen) atoms. The van der Waals surface area contributed by atoms with Gasteiger partial charge in [0.25, 0.3) is 0 Å². The minimum Gasteiger partial charge on any atom is -0.455 e. The molecule has 0 amide bonds. The summed E-state index contributed by atoms with van der Waals surface area (Å²) in [4.78, 5) is 13.2. The van der Waals surface area contributed by atoms with Crippen LogP contribution in [-0.2, 0) is 14.3 Å². The van der Waals surface area contributed by atoms with E-state index in [-0.39, 0.29) is 5.97 Å². The normalized spacial score (nSPS) is 23.8. The van der Waals surface area contributed by atoms with Crippen LogP contribution in [0.4, 0.5) is 0 Å². The minimum atomic E-state index is -0.193. The van der Waals surface area contributed by atoms with Gasteiger partial charge in [-0.25, -0.2) is 4.79 Å². The predicted molar refractivity (Wildman–Crippen MR) is 54.4 cm³/mol. The van der Waals surface area contributed by atoms with E-state index in [0.29, 0.717) is 6.61 Å². The average molecular weight is 295 g/mol. The van der Waals surface area contributed by atoms with Crippen molar-refractivity contribution >= 4 is 28.6 Å².